The normalized spacial score (nSPS) is 24.4. The maximum atomic E-state index is 13.3. The molecular weight excluding hydrogens is 354 g/mol. The molecule has 2 aliphatic rings. The minimum atomic E-state index is -0.191. The number of rotatable bonds is 4. The third-order valence-corrected chi connectivity index (χ3v) is 5.91. The summed E-state index contributed by atoms with van der Waals surface area (Å²) in [7, 11) is 1.90. The molecule has 28 heavy (non-hydrogen) atoms. The van der Waals surface area contributed by atoms with Gasteiger partial charge >= 0.3 is 0 Å². The van der Waals surface area contributed by atoms with E-state index in [0.29, 0.717) is 18.8 Å². The molecule has 2 fully saturated rings. The zero-order valence-corrected chi connectivity index (χ0v) is 16.4. The van der Waals surface area contributed by atoms with E-state index in [0.717, 1.165) is 38.0 Å². The van der Waals surface area contributed by atoms with Crippen LogP contribution >= 0.6 is 0 Å². The van der Waals surface area contributed by atoms with Gasteiger partial charge in [0.15, 0.2) is 0 Å². The molecule has 0 aliphatic carbocycles. The number of likely N-dealkylation sites (tertiary alicyclic amines) is 1. The van der Waals surface area contributed by atoms with E-state index in [4.69, 9.17) is 4.74 Å². The van der Waals surface area contributed by atoms with Crippen molar-refractivity contribution >= 4 is 5.91 Å². The van der Waals surface area contributed by atoms with Crippen molar-refractivity contribution in [3.8, 4) is 0 Å². The Kier molecular flexibility index (Phi) is 5.80. The molecule has 0 spiro atoms. The first-order valence-corrected chi connectivity index (χ1v) is 10.1. The van der Waals surface area contributed by atoms with Crippen LogP contribution in [0.2, 0.25) is 0 Å². The average Bonchev–Trinajstić information content (AvgIpc) is 3.15. The topological polar surface area (TPSA) is 57.9 Å². The number of aromatic nitrogens is 1. The first-order chi connectivity index (χ1) is 13.6. The van der Waals surface area contributed by atoms with Gasteiger partial charge in [-0.15, -0.1) is 0 Å². The highest BCUT2D eigenvalue weighted by Crippen LogP contribution is 2.32. The van der Waals surface area contributed by atoms with E-state index < -0.39 is 0 Å². The van der Waals surface area contributed by atoms with Crippen LogP contribution in [-0.4, -0.2) is 70.4 Å². The summed E-state index contributed by atoms with van der Waals surface area (Å²) in [5.74, 6) is 0.0451. The molecule has 6 nitrogen and oxygen atoms in total. The van der Waals surface area contributed by atoms with Crippen molar-refractivity contribution in [2.45, 2.75) is 31.1 Å². The van der Waals surface area contributed by atoms with Crippen LogP contribution < -0.4 is 0 Å². The Labute approximate surface area is 166 Å². The van der Waals surface area contributed by atoms with Crippen molar-refractivity contribution in [3.05, 3.63) is 59.9 Å². The number of ether oxygens (including phenoxy) is 1. The van der Waals surface area contributed by atoms with Crippen LogP contribution in [0.25, 0.3) is 0 Å². The fraction of sp³-hybridized carbons (Fsp3) is 0.500. The van der Waals surface area contributed by atoms with Gasteiger partial charge in [0.2, 0.25) is 0 Å². The summed E-state index contributed by atoms with van der Waals surface area (Å²) < 4.78 is 8.07. The lowest BCUT2D eigenvalue weighted by Crippen LogP contribution is -2.53. The molecule has 0 radical (unpaired) electrons. The van der Waals surface area contributed by atoms with Gasteiger partial charge in [-0.05, 0) is 30.5 Å². The number of hydrogen-bond acceptors (Lipinski definition) is 4. The number of benzene rings is 1. The van der Waals surface area contributed by atoms with Crippen LogP contribution in [0, 0.1) is 0 Å². The van der Waals surface area contributed by atoms with Gasteiger partial charge in [-0.3, -0.25) is 4.79 Å². The number of aliphatic hydroxyl groups excluding tert-OH is 1. The highest BCUT2D eigenvalue weighted by atomic mass is 16.5. The van der Waals surface area contributed by atoms with E-state index in [2.05, 4.69) is 17.0 Å². The number of aryl methyl sites for hydroxylation is 1. The van der Waals surface area contributed by atoms with Gasteiger partial charge in [-0.1, -0.05) is 30.3 Å². The largest absolute Gasteiger partial charge is 0.393 e. The summed E-state index contributed by atoms with van der Waals surface area (Å²) in [6, 6.07) is 13.9. The molecule has 1 aromatic heterocycles. The van der Waals surface area contributed by atoms with E-state index in [1.807, 2.05) is 53.0 Å². The van der Waals surface area contributed by atoms with Gasteiger partial charge in [0.25, 0.3) is 5.91 Å². The number of carbonyl (C=O) groups is 1. The molecule has 150 valence electrons. The summed E-state index contributed by atoms with van der Waals surface area (Å²) in [6.07, 6.45) is 3.23. The monoisotopic (exact) mass is 383 g/mol. The standard InChI is InChI=1S/C22H29N3O3/c1-23-11-5-8-19(23)22(27)25-14-15-28-20(16-24-12-9-18(26)10-13-24)21(25)17-6-3-2-4-7-17/h2-8,11,18,20-21,26H,9-10,12-16H2,1H3/t20-,21-/m0/s1. The summed E-state index contributed by atoms with van der Waals surface area (Å²) >= 11 is 0. The predicted octanol–water partition coefficient (Wildman–Crippen LogP) is 2.06. The second-order valence-electron chi connectivity index (χ2n) is 7.80. The molecular formula is C22H29N3O3. The Hall–Kier alpha value is -2.15. The van der Waals surface area contributed by atoms with Crippen molar-refractivity contribution in [1.82, 2.24) is 14.4 Å². The molecule has 2 aromatic rings. The molecule has 1 amide bonds. The van der Waals surface area contributed by atoms with Gasteiger partial charge in [0.1, 0.15) is 5.69 Å². The number of piperidine rings is 1. The summed E-state index contributed by atoms with van der Waals surface area (Å²) in [4.78, 5) is 17.7. The molecule has 1 aromatic carbocycles. The quantitative estimate of drug-likeness (QED) is 0.878. The van der Waals surface area contributed by atoms with E-state index in [1.54, 1.807) is 0 Å². The van der Waals surface area contributed by atoms with Crippen LogP contribution in [0.4, 0.5) is 0 Å². The number of morpholine rings is 1. The van der Waals surface area contributed by atoms with Gasteiger partial charge < -0.3 is 24.2 Å². The first-order valence-electron chi connectivity index (χ1n) is 10.1. The van der Waals surface area contributed by atoms with Crippen LogP contribution in [0.5, 0.6) is 0 Å². The van der Waals surface area contributed by atoms with Gasteiger partial charge in [-0.25, -0.2) is 0 Å². The molecule has 3 heterocycles. The second kappa shape index (κ2) is 8.47. The second-order valence-corrected chi connectivity index (χ2v) is 7.80. The minimum Gasteiger partial charge on any atom is -0.393 e. The Morgan fingerprint density at radius 3 is 2.54 bits per heavy atom. The Morgan fingerprint density at radius 2 is 1.86 bits per heavy atom. The fourth-order valence-corrected chi connectivity index (χ4v) is 4.35. The van der Waals surface area contributed by atoms with Gasteiger partial charge in [0, 0.05) is 39.4 Å². The molecule has 2 saturated heterocycles. The average molecular weight is 383 g/mol. The molecule has 0 unspecified atom stereocenters. The van der Waals surface area contributed by atoms with Crippen molar-refractivity contribution < 1.29 is 14.6 Å². The molecule has 2 atom stereocenters. The molecule has 0 saturated carbocycles. The lowest BCUT2D eigenvalue weighted by Gasteiger charge is -2.44. The smallest absolute Gasteiger partial charge is 0.271 e. The molecule has 2 aliphatic heterocycles. The molecule has 1 N–H and O–H groups in total. The first kappa shape index (κ1) is 19.2. The maximum absolute atomic E-state index is 13.3. The molecule has 4 rings (SSSR count). The minimum absolute atomic E-state index is 0.0451. The third-order valence-electron chi connectivity index (χ3n) is 5.91. The van der Waals surface area contributed by atoms with E-state index in [1.165, 1.54) is 0 Å². The van der Waals surface area contributed by atoms with Crippen molar-refractivity contribution in [1.29, 1.82) is 0 Å². The number of aliphatic hydroxyl groups is 1. The van der Waals surface area contributed by atoms with Gasteiger partial charge in [-0.2, -0.15) is 0 Å². The molecule has 0 bridgehead atoms. The van der Waals surface area contributed by atoms with E-state index in [-0.39, 0.29) is 24.2 Å². The third kappa shape index (κ3) is 3.99. The number of nitrogens with zero attached hydrogens (tertiary/aromatic N) is 3. The van der Waals surface area contributed by atoms with Gasteiger partial charge in [0.05, 0.1) is 24.9 Å². The zero-order chi connectivity index (χ0) is 19.5. The zero-order valence-electron chi connectivity index (χ0n) is 16.4. The Balaban J connectivity index is 1.60. The number of amides is 1. The van der Waals surface area contributed by atoms with Crippen molar-refractivity contribution in [2.24, 2.45) is 7.05 Å². The van der Waals surface area contributed by atoms with Crippen molar-refractivity contribution in [2.75, 3.05) is 32.8 Å². The SMILES string of the molecule is Cn1cccc1C(=O)N1CCO[C@@H](CN2CCC(O)CC2)[C@@H]1c1ccccc1. The summed E-state index contributed by atoms with van der Waals surface area (Å²) in [5.41, 5.74) is 1.80. The highest BCUT2D eigenvalue weighted by Gasteiger charge is 2.38. The Bertz CT molecular complexity index is 783. The van der Waals surface area contributed by atoms with E-state index in [9.17, 15) is 9.90 Å². The lowest BCUT2D eigenvalue weighted by atomic mass is 9.96. The predicted molar refractivity (Wildman–Crippen MR) is 107 cm³/mol. The van der Waals surface area contributed by atoms with Crippen LogP contribution in [0.1, 0.15) is 34.9 Å². The number of hydrogen-bond donors (Lipinski definition) is 1. The Morgan fingerprint density at radius 1 is 1.11 bits per heavy atom. The van der Waals surface area contributed by atoms with Crippen LogP contribution in [-0.2, 0) is 11.8 Å². The maximum Gasteiger partial charge on any atom is 0.271 e. The number of carbonyl (C=O) groups excluding carboxylic acids is 1. The molecule has 6 heteroatoms. The van der Waals surface area contributed by atoms with E-state index >= 15 is 0 Å². The summed E-state index contributed by atoms with van der Waals surface area (Å²) in [6.45, 7) is 3.63. The van der Waals surface area contributed by atoms with Crippen molar-refractivity contribution in [3.63, 3.8) is 0 Å². The van der Waals surface area contributed by atoms with Crippen LogP contribution in [0.3, 0.4) is 0 Å². The lowest BCUT2D eigenvalue weighted by molar-refractivity contribution is -0.0772. The fourth-order valence-electron chi connectivity index (χ4n) is 4.35. The summed E-state index contributed by atoms with van der Waals surface area (Å²) in [5, 5.41) is 9.80. The highest BCUT2D eigenvalue weighted by molar-refractivity contribution is 5.93. The van der Waals surface area contributed by atoms with Crippen LogP contribution in [0.15, 0.2) is 48.7 Å².